The van der Waals surface area contributed by atoms with E-state index in [1.807, 2.05) is 5.01 Å². The first-order chi connectivity index (χ1) is 6.86. The summed E-state index contributed by atoms with van der Waals surface area (Å²) in [5.41, 5.74) is 2.91. The predicted molar refractivity (Wildman–Crippen MR) is 51.6 cm³/mol. The molecule has 0 aromatic carbocycles. The van der Waals surface area contributed by atoms with E-state index in [-0.39, 0.29) is 11.9 Å². The maximum Gasteiger partial charge on any atom is 0.251 e. The van der Waals surface area contributed by atoms with Crippen molar-refractivity contribution in [2.45, 2.75) is 18.9 Å². The van der Waals surface area contributed by atoms with Gasteiger partial charge in [-0.15, -0.1) is 0 Å². The van der Waals surface area contributed by atoms with Crippen molar-refractivity contribution in [3.63, 3.8) is 0 Å². The molecular formula is C9H17N3O2. The SMILES string of the molecule is O=C(NN1CCOCC1)[C@H]1CCCN1. The van der Waals surface area contributed by atoms with E-state index < -0.39 is 0 Å². The molecule has 0 radical (unpaired) electrons. The molecule has 14 heavy (non-hydrogen) atoms. The van der Waals surface area contributed by atoms with E-state index >= 15 is 0 Å². The van der Waals surface area contributed by atoms with Crippen LogP contribution in [0.3, 0.4) is 0 Å². The van der Waals surface area contributed by atoms with Crippen molar-refractivity contribution < 1.29 is 9.53 Å². The Labute approximate surface area is 83.8 Å². The standard InChI is InChI=1S/C9H17N3O2/c13-9(8-2-1-3-10-8)11-12-4-6-14-7-5-12/h8,10H,1-7H2,(H,11,13)/t8-/m1/s1. The van der Waals surface area contributed by atoms with Gasteiger partial charge in [-0.25, -0.2) is 5.01 Å². The Balaban J connectivity index is 1.75. The van der Waals surface area contributed by atoms with E-state index in [0.717, 1.165) is 32.5 Å². The molecule has 1 atom stereocenters. The number of ether oxygens (including phenoxy) is 1. The van der Waals surface area contributed by atoms with Gasteiger partial charge in [0.25, 0.3) is 5.91 Å². The highest BCUT2D eigenvalue weighted by Gasteiger charge is 2.23. The maximum atomic E-state index is 11.7. The van der Waals surface area contributed by atoms with Gasteiger partial charge in [-0.2, -0.15) is 0 Å². The predicted octanol–water partition coefficient (Wildman–Crippen LogP) is -0.898. The second-order valence-corrected chi connectivity index (χ2v) is 3.72. The molecule has 1 amide bonds. The molecule has 5 heteroatoms. The van der Waals surface area contributed by atoms with Crippen LogP contribution in [0.2, 0.25) is 0 Å². The van der Waals surface area contributed by atoms with Crippen LogP contribution in [0.4, 0.5) is 0 Å². The molecule has 0 aromatic heterocycles. The van der Waals surface area contributed by atoms with Crippen LogP contribution in [0, 0.1) is 0 Å². The van der Waals surface area contributed by atoms with Gasteiger partial charge in [-0.3, -0.25) is 10.2 Å². The van der Waals surface area contributed by atoms with E-state index in [4.69, 9.17) is 4.74 Å². The molecule has 0 bridgehead atoms. The summed E-state index contributed by atoms with van der Waals surface area (Å²) in [6.45, 7) is 3.95. The zero-order valence-electron chi connectivity index (χ0n) is 8.29. The van der Waals surface area contributed by atoms with Crippen molar-refractivity contribution in [1.82, 2.24) is 15.8 Å². The van der Waals surface area contributed by atoms with Crippen LogP contribution in [0.25, 0.3) is 0 Å². The second-order valence-electron chi connectivity index (χ2n) is 3.72. The van der Waals surface area contributed by atoms with Gasteiger partial charge in [0, 0.05) is 13.1 Å². The molecule has 2 saturated heterocycles. The number of carbonyl (C=O) groups excluding carboxylic acids is 1. The van der Waals surface area contributed by atoms with E-state index in [0.29, 0.717) is 13.2 Å². The monoisotopic (exact) mass is 199 g/mol. The van der Waals surface area contributed by atoms with Crippen molar-refractivity contribution in [3.05, 3.63) is 0 Å². The minimum atomic E-state index is 0.0119. The highest BCUT2D eigenvalue weighted by atomic mass is 16.5. The number of carbonyl (C=O) groups is 1. The summed E-state index contributed by atoms with van der Waals surface area (Å²) in [5, 5.41) is 5.11. The number of hydrogen-bond acceptors (Lipinski definition) is 4. The smallest absolute Gasteiger partial charge is 0.251 e. The van der Waals surface area contributed by atoms with Gasteiger partial charge in [-0.05, 0) is 19.4 Å². The summed E-state index contributed by atoms with van der Waals surface area (Å²) in [7, 11) is 0. The molecule has 2 aliphatic heterocycles. The fourth-order valence-electron chi connectivity index (χ4n) is 1.82. The number of nitrogens with zero attached hydrogens (tertiary/aromatic N) is 1. The molecule has 80 valence electrons. The van der Waals surface area contributed by atoms with Gasteiger partial charge in [-0.1, -0.05) is 0 Å². The summed E-state index contributed by atoms with van der Waals surface area (Å²) >= 11 is 0. The van der Waals surface area contributed by atoms with Crippen LogP contribution >= 0.6 is 0 Å². The van der Waals surface area contributed by atoms with Crippen LogP contribution in [0.5, 0.6) is 0 Å². The molecule has 0 aromatic rings. The fourth-order valence-corrected chi connectivity index (χ4v) is 1.82. The van der Waals surface area contributed by atoms with Gasteiger partial charge in [0.1, 0.15) is 0 Å². The number of hydrogen-bond donors (Lipinski definition) is 2. The number of morpholine rings is 1. The lowest BCUT2D eigenvalue weighted by Crippen LogP contribution is -2.53. The van der Waals surface area contributed by atoms with Gasteiger partial charge in [0.2, 0.25) is 0 Å². The molecule has 0 saturated carbocycles. The minimum Gasteiger partial charge on any atom is -0.379 e. The number of amides is 1. The Morgan fingerprint density at radius 3 is 2.86 bits per heavy atom. The Bertz CT molecular complexity index is 198. The third kappa shape index (κ3) is 2.43. The van der Waals surface area contributed by atoms with E-state index in [1.54, 1.807) is 0 Å². The molecule has 0 spiro atoms. The minimum absolute atomic E-state index is 0.0119. The summed E-state index contributed by atoms with van der Waals surface area (Å²) < 4.78 is 5.20. The normalized spacial score (nSPS) is 29.0. The molecular weight excluding hydrogens is 182 g/mol. The average Bonchev–Trinajstić information content (AvgIpc) is 2.72. The molecule has 0 unspecified atom stereocenters. The van der Waals surface area contributed by atoms with Crippen molar-refractivity contribution >= 4 is 5.91 Å². The Hall–Kier alpha value is -0.650. The van der Waals surface area contributed by atoms with Gasteiger partial charge >= 0.3 is 0 Å². The number of hydrazine groups is 1. The topological polar surface area (TPSA) is 53.6 Å². The van der Waals surface area contributed by atoms with Crippen LogP contribution in [-0.4, -0.2) is 49.8 Å². The first-order valence-electron chi connectivity index (χ1n) is 5.23. The second kappa shape index (κ2) is 4.72. The molecule has 2 aliphatic rings. The van der Waals surface area contributed by atoms with E-state index in [1.165, 1.54) is 0 Å². The summed E-state index contributed by atoms with van der Waals surface area (Å²) in [5.74, 6) is 0.101. The molecule has 0 aliphatic carbocycles. The van der Waals surface area contributed by atoms with Crippen LogP contribution in [0.1, 0.15) is 12.8 Å². The zero-order valence-corrected chi connectivity index (χ0v) is 8.29. The Kier molecular flexibility index (Phi) is 3.34. The van der Waals surface area contributed by atoms with Crippen LogP contribution in [0.15, 0.2) is 0 Å². The highest BCUT2D eigenvalue weighted by Crippen LogP contribution is 2.05. The third-order valence-corrected chi connectivity index (χ3v) is 2.66. The summed E-state index contributed by atoms with van der Waals surface area (Å²) in [6.07, 6.45) is 2.05. The molecule has 2 N–H and O–H groups in total. The fraction of sp³-hybridized carbons (Fsp3) is 0.889. The lowest BCUT2D eigenvalue weighted by atomic mass is 10.2. The van der Waals surface area contributed by atoms with E-state index in [9.17, 15) is 4.79 Å². The first-order valence-corrected chi connectivity index (χ1v) is 5.23. The summed E-state index contributed by atoms with van der Waals surface area (Å²) in [4.78, 5) is 11.7. The van der Waals surface area contributed by atoms with Crippen molar-refractivity contribution in [2.24, 2.45) is 0 Å². The van der Waals surface area contributed by atoms with Crippen molar-refractivity contribution in [2.75, 3.05) is 32.8 Å². The lowest BCUT2D eigenvalue weighted by Gasteiger charge is -2.28. The maximum absolute atomic E-state index is 11.7. The lowest BCUT2D eigenvalue weighted by molar-refractivity contribution is -0.129. The Morgan fingerprint density at radius 2 is 2.21 bits per heavy atom. The van der Waals surface area contributed by atoms with E-state index in [2.05, 4.69) is 10.7 Å². The van der Waals surface area contributed by atoms with Crippen molar-refractivity contribution in [3.8, 4) is 0 Å². The van der Waals surface area contributed by atoms with Gasteiger partial charge in [0.05, 0.1) is 19.3 Å². The number of rotatable bonds is 2. The average molecular weight is 199 g/mol. The Morgan fingerprint density at radius 1 is 1.43 bits per heavy atom. The molecule has 2 fully saturated rings. The first kappa shape index (κ1) is 9.89. The largest absolute Gasteiger partial charge is 0.379 e. The number of nitrogens with one attached hydrogen (secondary N) is 2. The van der Waals surface area contributed by atoms with Crippen LogP contribution < -0.4 is 10.7 Å². The van der Waals surface area contributed by atoms with Gasteiger partial charge < -0.3 is 10.1 Å². The zero-order chi connectivity index (χ0) is 9.80. The van der Waals surface area contributed by atoms with Crippen LogP contribution in [-0.2, 0) is 9.53 Å². The van der Waals surface area contributed by atoms with Gasteiger partial charge in [0.15, 0.2) is 0 Å². The quantitative estimate of drug-likeness (QED) is 0.605. The third-order valence-electron chi connectivity index (χ3n) is 2.66. The summed E-state index contributed by atoms with van der Waals surface area (Å²) in [6, 6.07) is 0.0119. The highest BCUT2D eigenvalue weighted by molar-refractivity contribution is 5.81. The molecule has 5 nitrogen and oxygen atoms in total. The van der Waals surface area contributed by atoms with Crippen molar-refractivity contribution in [1.29, 1.82) is 0 Å². The molecule has 2 rings (SSSR count). The molecule has 2 heterocycles.